The molecule has 238 valence electrons. The Kier molecular flexibility index (Phi) is 7.33. The molecule has 8 rings (SSSR count). The summed E-state index contributed by atoms with van der Waals surface area (Å²) in [5.41, 5.74) is 5.84. The van der Waals surface area contributed by atoms with E-state index in [4.69, 9.17) is 14.2 Å². The number of methoxy groups -OCH3 is 1. The molecule has 5 aromatic rings. The van der Waals surface area contributed by atoms with Crippen molar-refractivity contribution in [3.8, 4) is 21.8 Å². The molecule has 1 fully saturated rings. The molecule has 0 spiro atoms. The first kappa shape index (κ1) is 29.5. The molecule has 0 radical (unpaired) electrons. The zero-order valence-corrected chi connectivity index (χ0v) is 26.2. The van der Waals surface area contributed by atoms with E-state index in [1.165, 1.54) is 23.5 Å². The monoisotopic (exact) mass is 651 g/mol. The van der Waals surface area contributed by atoms with E-state index in [1.54, 1.807) is 25.3 Å². The van der Waals surface area contributed by atoms with E-state index in [1.807, 2.05) is 35.2 Å². The molecule has 3 atom stereocenters. The quantitative estimate of drug-likeness (QED) is 0.213. The minimum absolute atomic E-state index is 0.101. The second-order valence-corrected chi connectivity index (χ2v) is 13.2. The summed E-state index contributed by atoms with van der Waals surface area (Å²) in [5.74, 6) is -1.26. The largest absolute Gasteiger partial charge is 0.439 e. The summed E-state index contributed by atoms with van der Waals surface area (Å²) in [6, 6.07) is 17.5. The number of aryl methyl sites for hydroxylation is 2. The Labute approximate surface area is 272 Å². The van der Waals surface area contributed by atoms with E-state index in [2.05, 4.69) is 15.5 Å². The van der Waals surface area contributed by atoms with Crippen LogP contribution in [-0.4, -0.2) is 45.5 Å². The van der Waals surface area contributed by atoms with Gasteiger partial charge in [0.2, 0.25) is 0 Å². The highest BCUT2D eigenvalue weighted by Crippen LogP contribution is 2.49. The topological polar surface area (TPSA) is 130 Å². The normalized spacial score (nSPS) is 19.6. The van der Waals surface area contributed by atoms with E-state index in [0.29, 0.717) is 63.6 Å². The number of amides is 2. The molecule has 0 unspecified atom stereocenters. The van der Waals surface area contributed by atoms with Crippen LogP contribution in [0.15, 0.2) is 70.0 Å². The molecule has 0 bridgehead atoms. The molecule has 2 aromatic carbocycles. The van der Waals surface area contributed by atoms with Crippen molar-refractivity contribution in [3.05, 3.63) is 116 Å². The predicted molar refractivity (Wildman–Crippen MR) is 172 cm³/mol. The van der Waals surface area contributed by atoms with Crippen molar-refractivity contribution in [2.24, 2.45) is 0 Å². The number of nitrogens with zero attached hydrogens (tertiary/aromatic N) is 3. The number of thiophene rings is 1. The Morgan fingerprint density at radius 1 is 1.06 bits per heavy atom. The zero-order valence-electron chi connectivity index (χ0n) is 25.4. The number of hydrogen-bond donors (Lipinski definition) is 2. The Morgan fingerprint density at radius 2 is 1.87 bits per heavy atom. The second kappa shape index (κ2) is 11.7. The van der Waals surface area contributed by atoms with Gasteiger partial charge in [0.15, 0.2) is 5.82 Å². The number of halogens is 1. The van der Waals surface area contributed by atoms with E-state index < -0.39 is 5.76 Å². The molecular weight excluding hydrogens is 621 g/mol. The Morgan fingerprint density at radius 3 is 2.64 bits per heavy atom. The predicted octanol–water partition coefficient (Wildman–Crippen LogP) is 5.93. The molecule has 0 saturated carbocycles. The standard InChI is InChI=1S/C35H30FN5O5S/c1-45-25-17-23(20-5-2-3-6-21(20)25)38-33(42)27-15-14-26(47-27)29-28(32-39-35(44)46-40-32)22(13-10-18-8-11-19(36)12-9-18)37-31-24-7-4-16-41(24)34(43)30(29)31/h2-3,5-6,8-9,11-12,14-15,23-25H,4,7,10,13,16-17H2,1H3,(H,38,42)(H,39,40,44)/t23-,24+,25-/m0/s1. The van der Waals surface area contributed by atoms with Crippen molar-refractivity contribution >= 4 is 23.2 Å². The van der Waals surface area contributed by atoms with Gasteiger partial charge in [-0.2, -0.15) is 0 Å². The summed E-state index contributed by atoms with van der Waals surface area (Å²) in [7, 11) is 1.67. The van der Waals surface area contributed by atoms with Crippen LogP contribution in [0.2, 0.25) is 0 Å². The molecule has 12 heteroatoms. The number of hydrogen-bond acceptors (Lipinski definition) is 8. The second-order valence-electron chi connectivity index (χ2n) is 12.1. The summed E-state index contributed by atoms with van der Waals surface area (Å²) in [4.78, 5) is 50.6. The fourth-order valence-corrected chi connectivity index (χ4v) is 8.22. The summed E-state index contributed by atoms with van der Waals surface area (Å²) in [5, 5.41) is 7.20. The molecular formula is C35H30FN5O5S. The summed E-state index contributed by atoms with van der Waals surface area (Å²) in [6.45, 7) is 0.629. The minimum atomic E-state index is -0.736. The Hall–Kier alpha value is -4.94. The van der Waals surface area contributed by atoms with Gasteiger partial charge in [-0.05, 0) is 66.6 Å². The molecule has 1 aliphatic carbocycles. The third kappa shape index (κ3) is 5.08. The SMILES string of the molecule is CO[C@H]1C[C@H](NC(=O)c2ccc(-c3c4c(nc(CCc5ccc(F)cc5)c3-c3noc(=O)[nH]3)[C@H]3CCCN3C4=O)s2)c2ccccc21. The van der Waals surface area contributed by atoms with Crippen molar-refractivity contribution in [1.82, 2.24) is 25.3 Å². The molecule has 2 N–H and O–H groups in total. The third-order valence-electron chi connectivity index (χ3n) is 9.42. The van der Waals surface area contributed by atoms with Crippen LogP contribution in [0.4, 0.5) is 4.39 Å². The maximum Gasteiger partial charge on any atom is 0.439 e. The Bertz CT molecular complexity index is 2090. The lowest BCUT2D eigenvalue weighted by Crippen LogP contribution is -2.26. The van der Waals surface area contributed by atoms with Crippen molar-refractivity contribution in [1.29, 1.82) is 0 Å². The maximum atomic E-state index is 14.0. The fourth-order valence-electron chi connectivity index (χ4n) is 7.26. The average molecular weight is 652 g/mol. The molecule has 2 aliphatic heterocycles. The first-order chi connectivity index (χ1) is 22.9. The van der Waals surface area contributed by atoms with Crippen molar-refractivity contribution in [2.75, 3.05) is 13.7 Å². The van der Waals surface area contributed by atoms with E-state index in [-0.39, 0.29) is 41.6 Å². The van der Waals surface area contributed by atoms with Gasteiger partial charge in [-0.15, -0.1) is 11.3 Å². The van der Waals surface area contributed by atoms with E-state index in [0.717, 1.165) is 29.5 Å². The zero-order chi connectivity index (χ0) is 32.2. The first-order valence-electron chi connectivity index (χ1n) is 15.6. The van der Waals surface area contributed by atoms with Gasteiger partial charge in [0.25, 0.3) is 11.8 Å². The Balaban J connectivity index is 1.22. The van der Waals surface area contributed by atoms with Crippen molar-refractivity contribution < 1.29 is 23.2 Å². The highest BCUT2D eigenvalue weighted by molar-refractivity contribution is 7.17. The van der Waals surface area contributed by atoms with Gasteiger partial charge in [-0.1, -0.05) is 41.6 Å². The third-order valence-corrected chi connectivity index (χ3v) is 10.5. The van der Waals surface area contributed by atoms with Crippen LogP contribution in [-0.2, 0) is 17.6 Å². The number of aromatic nitrogens is 3. The first-order valence-corrected chi connectivity index (χ1v) is 16.4. The van der Waals surface area contributed by atoms with Crippen LogP contribution in [0.25, 0.3) is 21.8 Å². The van der Waals surface area contributed by atoms with Crippen LogP contribution in [0.3, 0.4) is 0 Å². The van der Waals surface area contributed by atoms with Crippen LogP contribution in [0.1, 0.15) is 85.6 Å². The summed E-state index contributed by atoms with van der Waals surface area (Å²) < 4.78 is 24.2. The summed E-state index contributed by atoms with van der Waals surface area (Å²) >= 11 is 1.27. The number of carbonyl (C=O) groups is 2. The number of H-pyrrole nitrogens is 1. The van der Waals surface area contributed by atoms with E-state index >= 15 is 0 Å². The smallest absolute Gasteiger partial charge is 0.377 e. The number of carbonyl (C=O) groups excluding carboxylic acids is 2. The maximum absolute atomic E-state index is 14.0. The molecule has 2 amide bonds. The lowest BCUT2D eigenvalue weighted by atomic mass is 9.93. The number of benzene rings is 2. The van der Waals surface area contributed by atoms with Gasteiger partial charge in [0.1, 0.15) is 5.82 Å². The number of ether oxygens (including phenoxy) is 1. The number of fused-ring (bicyclic) bond motifs is 4. The number of pyridine rings is 1. The van der Waals surface area contributed by atoms with Crippen LogP contribution < -0.4 is 11.1 Å². The van der Waals surface area contributed by atoms with Gasteiger partial charge in [-0.3, -0.25) is 24.1 Å². The highest BCUT2D eigenvalue weighted by Gasteiger charge is 2.44. The fraction of sp³-hybridized carbons (Fsp3) is 0.286. The van der Waals surface area contributed by atoms with Crippen LogP contribution in [0.5, 0.6) is 0 Å². The van der Waals surface area contributed by atoms with E-state index in [9.17, 15) is 18.8 Å². The number of nitrogens with one attached hydrogen (secondary N) is 2. The van der Waals surface area contributed by atoms with Crippen LogP contribution in [0, 0.1) is 5.82 Å². The molecule has 47 heavy (non-hydrogen) atoms. The molecule has 3 aromatic heterocycles. The van der Waals surface area contributed by atoms with Crippen molar-refractivity contribution in [3.63, 3.8) is 0 Å². The molecule has 5 heterocycles. The molecule has 3 aliphatic rings. The van der Waals surface area contributed by atoms with Gasteiger partial charge in [-0.25, -0.2) is 9.18 Å². The lowest BCUT2D eigenvalue weighted by Gasteiger charge is -2.16. The van der Waals surface area contributed by atoms with Crippen molar-refractivity contribution in [2.45, 2.75) is 50.3 Å². The van der Waals surface area contributed by atoms with Gasteiger partial charge in [0, 0.05) is 30.5 Å². The average Bonchev–Trinajstić information content (AvgIpc) is 3.92. The molecule has 1 saturated heterocycles. The molecule has 10 nitrogen and oxygen atoms in total. The number of rotatable bonds is 8. The van der Waals surface area contributed by atoms with Gasteiger partial charge < -0.3 is 15.0 Å². The summed E-state index contributed by atoms with van der Waals surface area (Å²) in [6.07, 6.45) is 3.17. The van der Waals surface area contributed by atoms with Gasteiger partial charge >= 0.3 is 5.76 Å². The lowest BCUT2D eigenvalue weighted by molar-refractivity contribution is 0.0775. The number of aromatic amines is 1. The minimum Gasteiger partial charge on any atom is -0.377 e. The van der Waals surface area contributed by atoms with Crippen LogP contribution >= 0.6 is 11.3 Å². The van der Waals surface area contributed by atoms with Gasteiger partial charge in [0.05, 0.1) is 45.6 Å². The highest BCUT2D eigenvalue weighted by atomic mass is 32.1.